The van der Waals surface area contributed by atoms with E-state index in [1.165, 1.54) is 22.7 Å². The molecule has 3 heterocycles. The third kappa shape index (κ3) is 5.17. The Kier molecular flexibility index (Phi) is 7.41. The van der Waals surface area contributed by atoms with Crippen molar-refractivity contribution in [2.24, 2.45) is 5.92 Å². The van der Waals surface area contributed by atoms with E-state index in [0.29, 0.717) is 42.6 Å². The zero-order chi connectivity index (χ0) is 28.8. The molecule has 0 saturated carbocycles. The molecule has 0 bridgehead atoms. The second-order valence-electron chi connectivity index (χ2n) is 9.60. The van der Waals surface area contributed by atoms with Crippen molar-refractivity contribution >= 4 is 75.4 Å². The van der Waals surface area contributed by atoms with Crippen LogP contribution in [-0.2, 0) is 14.4 Å². The Labute approximate surface area is 252 Å². The van der Waals surface area contributed by atoms with E-state index in [1.54, 1.807) is 48.5 Å². The van der Waals surface area contributed by atoms with Crippen molar-refractivity contribution in [3.63, 3.8) is 0 Å². The molecule has 0 radical (unpaired) electrons. The van der Waals surface area contributed by atoms with Crippen molar-refractivity contribution in [3.8, 4) is 5.75 Å². The number of nitrogens with one attached hydrogen (secondary N) is 2. The van der Waals surface area contributed by atoms with Crippen LogP contribution in [0.4, 0.5) is 11.4 Å². The van der Waals surface area contributed by atoms with E-state index >= 15 is 0 Å². The molecule has 2 aliphatic heterocycles. The van der Waals surface area contributed by atoms with E-state index < -0.39 is 23.0 Å². The summed E-state index contributed by atoms with van der Waals surface area (Å²) in [6, 6.07) is 19.0. The maximum Gasteiger partial charge on any atom is 0.305 e. The summed E-state index contributed by atoms with van der Waals surface area (Å²) in [5, 5.41) is 3.21. The zero-order valence-electron chi connectivity index (χ0n) is 21.4. The Balaban J connectivity index is 1.32. The molecule has 1 saturated heterocycles. The number of nitrogens with zero attached hydrogens (tertiary/aromatic N) is 1. The van der Waals surface area contributed by atoms with Gasteiger partial charge in [-0.05, 0) is 43.3 Å². The molecule has 0 spiro atoms. The summed E-state index contributed by atoms with van der Waals surface area (Å²) < 4.78 is 5.96. The number of carbonyl (C=O) groups is 3. The number of thiazole rings is 1. The van der Waals surface area contributed by atoms with E-state index in [0.717, 1.165) is 16.9 Å². The quantitative estimate of drug-likeness (QED) is 0.260. The van der Waals surface area contributed by atoms with Gasteiger partial charge in [-0.1, -0.05) is 82.2 Å². The summed E-state index contributed by atoms with van der Waals surface area (Å²) in [6.07, 6.45) is 0. The van der Waals surface area contributed by atoms with Crippen molar-refractivity contribution in [2.75, 3.05) is 16.8 Å². The molecule has 8 nitrogen and oxygen atoms in total. The number of rotatable bonds is 6. The number of amides is 3. The fourth-order valence-electron chi connectivity index (χ4n) is 5.08. The number of H-pyrrole nitrogens is 1. The maximum atomic E-state index is 14.0. The molecular weight excluding hydrogens is 605 g/mol. The molecule has 3 atom stereocenters. The van der Waals surface area contributed by atoms with Crippen molar-refractivity contribution in [2.45, 2.75) is 23.1 Å². The average Bonchev–Trinajstić information content (AvgIpc) is 3.44. The highest BCUT2D eigenvalue weighted by molar-refractivity contribution is 8.00. The van der Waals surface area contributed by atoms with E-state index in [4.69, 9.17) is 27.9 Å². The molecule has 2 N–H and O–H groups in total. The number of aryl methyl sites for hydroxylation is 1. The Morgan fingerprint density at radius 2 is 1.76 bits per heavy atom. The number of para-hydroxylation sites is 1. The standard InChI is InChI=1S/C29H21Cl2N3O5S2/c1-14-6-9-16(10-7-14)34-27(36)23-22(24-26(33-29(38)41-24)40-25(23)28(34)37)17-4-2-3-5-20(17)39-13-21(35)32-15-8-11-18(30)19(31)12-15/h2-12,22-23,25H,13H2,1H3,(H,32,35)(H,33,38)/t22-,23-,25+/m0/s1. The van der Waals surface area contributed by atoms with Gasteiger partial charge < -0.3 is 15.0 Å². The number of hydrogen-bond donors (Lipinski definition) is 2. The fourth-order valence-corrected chi connectivity index (χ4v) is 7.89. The minimum Gasteiger partial charge on any atom is -0.483 e. The van der Waals surface area contributed by atoms with Gasteiger partial charge >= 0.3 is 4.87 Å². The number of ether oxygens (including phenoxy) is 1. The first-order valence-corrected chi connectivity index (χ1v) is 15.0. The summed E-state index contributed by atoms with van der Waals surface area (Å²) in [4.78, 5) is 57.2. The van der Waals surface area contributed by atoms with E-state index in [9.17, 15) is 19.2 Å². The second-order valence-corrected chi connectivity index (χ2v) is 12.6. The molecular formula is C29H21Cl2N3O5S2. The fraction of sp³-hybridized carbons (Fsp3) is 0.172. The van der Waals surface area contributed by atoms with Gasteiger partial charge in [0.1, 0.15) is 11.0 Å². The van der Waals surface area contributed by atoms with Crippen LogP contribution in [0, 0.1) is 12.8 Å². The first-order chi connectivity index (χ1) is 19.7. The first-order valence-electron chi connectivity index (χ1n) is 12.5. The van der Waals surface area contributed by atoms with E-state index in [-0.39, 0.29) is 23.3 Å². The van der Waals surface area contributed by atoms with Gasteiger partial charge in [0.25, 0.3) is 5.91 Å². The smallest absolute Gasteiger partial charge is 0.305 e. The second kappa shape index (κ2) is 11.0. The number of carbonyl (C=O) groups excluding carboxylic acids is 3. The van der Waals surface area contributed by atoms with Crippen LogP contribution in [0.3, 0.4) is 0 Å². The number of thioether (sulfide) groups is 1. The largest absolute Gasteiger partial charge is 0.483 e. The monoisotopic (exact) mass is 625 g/mol. The van der Waals surface area contributed by atoms with Gasteiger partial charge in [0, 0.05) is 22.0 Å². The van der Waals surface area contributed by atoms with Crippen LogP contribution < -0.4 is 19.8 Å². The summed E-state index contributed by atoms with van der Waals surface area (Å²) in [7, 11) is 0. The molecule has 0 aliphatic carbocycles. The number of fused-ring (bicyclic) bond motifs is 2. The van der Waals surface area contributed by atoms with Crippen LogP contribution >= 0.6 is 46.3 Å². The summed E-state index contributed by atoms with van der Waals surface area (Å²) >= 11 is 14.2. The third-order valence-electron chi connectivity index (χ3n) is 6.93. The molecule has 12 heteroatoms. The lowest BCUT2D eigenvalue weighted by atomic mass is 9.82. The van der Waals surface area contributed by atoms with Gasteiger partial charge in [0.15, 0.2) is 6.61 Å². The van der Waals surface area contributed by atoms with Gasteiger partial charge in [-0.2, -0.15) is 0 Å². The first kappa shape index (κ1) is 27.6. The summed E-state index contributed by atoms with van der Waals surface area (Å²) in [5.41, 5.74) is 2.57. The number of benzene rings is 3. The van der Waals surface area contributed by atoms with Crippen LogP contribution in [0.1, 0.15) is 21.9 Å². The predicted molar refractivity (Wildman–Crippen MR) is 161 cm³/mol. The van der Waals surface area contributed by atoms with Gasteiger partial charge in [-0.3, -0.25) is 19.2 Å². The number of anilines is 2. The van der Waals surface area contributed by atoms with Crippen molar-refractivity contribution < 1.29 is 19.1 Å². The van der Waals surface area contributed by atoms with Gasteiger partial charge in [0.05, 0.1) is 26.7 Å². The van der Waals surface area contributed by atoms with Gasteiger partial charge in [-0.15, -0.1) is 0 Å². The molecule has 41 heavy (non-hydrogen) atoms. The highest BCUT2D eigenvalue weighted by Gasteiger charge is 2.56. The highest BCUT2D eigenvalue weighted by atomic mass is 35.5. The zero-order valence-corrected chi connectivity index (χ0v) is 24.5. The molecule has 2 aliphatic rings. The lowest BCUT2D eigenvalue weighted by Gasteiger charge is -2.30. The number of hydrogen-bond acceptors (Lipinski definition) is 7. The number of aromatic amines is 1. The van der Waals surface area contributed by atoms with Gasteiger partial charge in [0.2, 0.25) is 11.8 Å². The molecule has 1 fully saturated rings. The maximum absolute atomic E-state index is 14.0. The van der Waals surface area contributed by atoms with Crippen molar-refractivity contribution in [1.82, 2.24) is 4.98 Å². The molecule has 208 valence electrons. The molecule has 3 amide bonds. The number of halogens is 2. The molecule has 0 unspecified atom stereocenters. The van der Waals surface area contributed by atoms with Crippen LogP contribution in [0.15, 0.2) is 76.6 Å². The molecule has 3 aromatic carbocycles. The van der Waals surface area contributed by atoms with Crippen LogP contribution in [-0.4, -0.2) is 34.6 Å². The van der Waals surface area contributed by atoms with Crippen LogP contribution in [0.2, 0.25) is 10.0 Å². The van der Waals surface area contributed by atoms with Crippen LogP contribution in [0.25, 0.3) is 0 Å². The normalized spacial score (nSPS) is 19.6. The Hall–Kier alpha value is -3.57. The Bertz CT molecular complexity index is 1750. The lowest BCUT2D eigenvalue weighted by molar-refractivity contribution is -0.122. The lowest BCUT2D eigenvalue weighted by Crippen LogP contribution is -2.32. The van der Waals surface area contributed by atoms with Crippen LogP contribution in [0.5, 0.6) is 5.75 Å². The minimum atomic E-state index is -0.775. The Morgan fingerprint density at radius 3 is 2.51 bits per heavy atom. The van der Waals surface area contributed by atoms with Crippen molar-refractivity contribution in [1.29, 1.82) is 0 Å². The Morgan fingerprint density at radius 1 is 1.00 bits per heavy atom. The van der Waals surface area contributed by atoms with Gasteiger partial charge in [-0.25, -0.2) is 4.90 Å². The predicted octanol–water partition coefficient (Wildman–Crippen LogP) is 5.86. The molecule has 1 aromatic heterocycles. The van der Waals surface area contributed by atoms with E-state index in [2.05, 4.69) is 10.3 Å². The van der Waals surface area contributed by atoms with E-state index in [1.807, 2.05) is 19.1 Å². The molecule has 4 aromatic rings. The number of aromatic nitrogens is 1. The highest BCUT2D eigenvalue weighted by Crippen LogP contribution is 2.54. The number of imide groups is 1. The average molecular weight is 627 g/mol. The molecule has 6 rings (SSSR count). The van der Waals surface area contributed by atoms with Crippen molar-refractivity contribution in [3.05, 3.63) is 102 Å². The summed E-state index contributed by atoms with van der Waals surface area (Å²) in [6.45, 7) is 1.60. The summed E-state index contributed by atoms with van der Waals surface area (Å²) in [5.74, 6) is -2.16. The topological polar surface area (TPSA) is 109 Å². The minimum absolute atomic E-state index is 0.276. The SMILES string of the molecule is Cc1ccc(N2C(=O)[C@H]3[C@H](c4ccccc4OCC(=O)Nc4ccc(Cl)c(Cl)c4)c4sc(=O)[nH]c4S[C@H]3C2=O)cc1. The third-order valence-corrected chi connectivity index (χ3v) is 10.1.